The third kappa shape index (κ3) is 3.95. The van der Waals surface area contributed by atoms with Crippen molar-refractivity contribution in [3.8, 4) is 0 Å². The molecule has 1 unspecified atom stereocenters. The van der Waals surface area contributed by atoms with Gasteiger partial charge in [0.25, 0.3) is 0 Å². The van der Waals surface area contributed by atoms with Gasteiger partial charge in [0.15, 0.2) is 0 Å². The summed E-state index contributed by atoms with van der Waals surface area (Å²) in [6.45, 7) is 4.43. The van der Waals surface area contributed by atoms with E-state index in [1.807, 2.05) is 36.5 Å². The molecule has 0 bridgehead atoms. The monoisotopic (exact) mass is 299 g/mol. The van der Waals surface area contributed by atoms with Crippen LogP contribution in [0.5, 0.6) is 0 Å². The van der Waals surface area contributed by atoms with Gasteiger partial charge in [-0.05, 0) is 30.7 Å². The number of hydrogen-bond donors (Lipinski definition) is 0. The van der Waals surface area contributed by atoms with Crippen LogP contribution < -0.4 is 0 Å². The first-order valence-electron chi connectivity index (χ1n) is 7.69. The van der Waals surface area contributed by atoms with Crippen LogP contribution >= 0.6 is 0 Å². The smallest absolute Gasteiger partial charge is 0.145 e. The lowest BCUT2D eigenvalue weighted by atomic mass is 10.1. The Morgan fingerprint density at radius 2 is 2.18 bits per heavy atom. The molecule has 22 heavy (non-hydrogen) atoms. The standard InChI is InChI=1S/C17H21N3O2/c1-2-14-10-17(22-19-14)13-20(12-16-7-5-9-21-16)11-15-6-3-4-8-18-15/h3-9,17H,2,10-13H2,1H3. The number of furan rings is 1. The molecule has 5 heteroatoms. The van der Waals surface area contributed by atoms with Crippen molar-refractivity contribution in [1.29, 1.82) is 0 Å². The maximum atomic E-state index is 5.54. The highest BCUT2D eigenvalue weighted by Gasteiger charge is 2.23. The third-order valence-corrected chi connectivity index (χ3v) is 3.74. The van der Waals surface area contributed by atoms with Gasteiger partial charge in [-0.2, -0.15) is 0 Å². The molecule has 116 valence electrons. The van der Waals surface area contributed by atoms with Gasteiger partial charge in [0.05, 0.1) is 24.2 Å². The van der Waals surface area contributed by atoms with Gasteiger partial charge in [0, 0.05) is 25.7 Å². The van der Waals surface area contributed by atoms with Crippen molar-refractivity contribution in [2.75, 3.05) is 6.54 Å². The Kier molecular flexibility index (Phi) is 4.85. The Hall–Kier alpha value is -2.14. The van der Waals surface area contributed by atoms with Crippen molar-refractivity contribution in [3.63, 3.8) is 0 Å². The molecule has 2 aromatic rings. The average molecular weight is 299 g/mol. The highest BCUT2D eigenvalue weighted by Crippen LogP contribution is 2.17. The molecule has 0 fully saturated rings. The predicted molar refractivity (Wildman–Crippen MR) is 84.3 cm³/mol. The fraction of sp³-hybridized carbons (Fsp3) is 0.412. The van der Waals surface area contributed by atoms with Crippen LogP contribution in [0.3, 0.4) is 0 Å². The minimum Gasteiger partial charge on any atom is -0.468 e. The Morgan fingerprint density at radius 1 is 1.23 bits per heavy atom. The van der Waals surface area contributed by atoms with Crippen LogP contribution in [0.2, 0.25) is 0 Å². The van der Waals surface area contributed by atoms with Crippen molar-refractivity contribution < 1.29 is 9.25 Å². The molecule has 3 heterocycles. The molecule has 0 amide bonds. The van der Waals surface area contributed by atoms with Gasteiger partial charge in [-0.3, -0.25) is 9.88 Å². The lowest BCUT2D eigenvalue weighted by Crippen LogP contribution is -2.32. The van der Waals surface area contributed by atoms with Crippen LogP contribution in [-0.4, -0.2) is 28.2 Å². The van der Waals surface area contributed by atoms with Gasteiger partial charge in [-0.25, -0.2) is 0 Å². The zero-order chi connectivity index (χ0) is 15.2. The minimum atomic E-state index is 0.119. The van der Waals surface area contributed by atoms with E-state index in [-0.39, 0.29) is 6.10 Å². The zero-order valence-electron chi connectivity index (χ0n) is 12.8. The highest BCUT2D eigenvalue weighted by atomic mass is 16.6. The number of rotatable bonds is 7. The Labute approximate surface area is 130 Å². The number of oxime groups is 1. The molecule has 1 aliphatic rings. The largest absolute Gasteiger partial charge is 0.468 e. The predicted octanol–water partition coefficient (Wildman–Crippen LogP) is 3.23. The van der Waals surface area contributed by atoms with Crippen LogP contribution in [0.15, 0.2) is 52.4 Å². The van der Waals surface area contributed by atoms with Crippen LogP contribution in [0.1, 0.15) is 31.2 Å². The van der Waals surface area contributed by atoms with Crippen LogP contribution in [0.25, 0.3) is 0 Å². The van der Waals surface area contributed by atoms with E-state index in [9.17, 15) is 0 Å². The molecule has 3 rings (SSSR count). The molecule has 0 radical (unpaired) electrons. The van der Waals surface area contributed by atoms with E-state index in [1.54, 1.807) is 6.26 Å². The van der Waals surface area contributed by atoms with Gasteiger partial charge < -0.3 is 9.25 Å². The summed E-state index contributed by atoms with van der Waals surface area (Å²) < 4.78 is 5.48. The maximum Gasteiger partial charge on any atom is 0.145 e. The number of hydrogen-bond acceptors (Lipinski definition) is 5. The molecule has 1 aliphatic heterocycles. The lowest BCUT2D eigenvalue weighted by Gasteiger charge is -2.23. The minimum absolute atomic E-state index is 0.119. The summed E-state index contributed by atoms with van der Waals surface area (Å²) in [7, 11) is 0. The number of aromatic nitrogens is 1. The molecule has 0 aromatic carbocycles. The lowest BCUT2D eigenvalue weighted by molar-refractivity contribution is 0.0456. The molecule has 0 saturated carbocycles. The topological polar surface area (TPSA) is 50.9 Å². The molecule has 0 aliphatic carbocycles. The van der Waals surface area contributed by atoms with Crippen molar-refractivity contribution in [1.82, 2.24) is 9.88 Å². The van der Waals surface area contributed by atoms with Crippen molar-refractivity contribution in [2.45, 2.75) is 39.0 Å². The van der Waals surface area contributed by atoms with E-state index >= 15 is 0 Å². The van der Waals surface area contributed by atoms with Crippen molar-refractivity contribution >= 4 is 5.71 Å². The summed E-state index contributed by atoms with van der Waals surface area (Å²) in [6.07, 6.45) is 5.51. The summed E-state index contributed by atoms with van der Waals surface area (Å²) >= 11 is 0. The fourth-order valence-corrected chi connectivity index (χ4v) is 2.61. The Balaban J connectivity index is 1.63. The van der Waals surface area contributed by atoms with E-state index in [2.05, 4.69) is 22.0 Å². The van der Waals surface area contributed by atoms with Gasteiger partial charge in [0.2, 0.25) is 0 Å². The summed E-state index contributed by atoms with van der Waals surface area (Å²) in [6, 6.07) is 9.89. The van der Waals surface area contributed by atoms with E-state index in [0.717, 1.165) is 49.6 Å². The van der Waals surface area contributed by atoms with E-state index in [0.29, 0.717) is 0 Å². The maximum absolute atomic E-state index is 5.54. The molecule has 2 aromatic heterocycles. The summed E-state index contributed by atoms with van der Waals surface area (Å²) in [5.74, 6) is 0.950. The molecular weight excluding hydrogens is 278 g/mol. The quantitative estimate of drug-likeness (QED) is 0.787. The molecule has 0 spiro atoms. The normalized spacial score (nSPS) is 17.5. The van der Waals surface area contributed by atoms with Gasteiger partial charge in [-0.15, -0.1) is 0 Å². The Morgan fingerprint density at radius 3 is 2.86 bits per heavy atom. The first kappa shape index (κ1) is 14.8. The summed E-state index contributed by atoms with van der Waals surface area (Å²) in [5.41, 5.74) is 2.18. The first-order valence-corrected chi connectivity index (χ1v) is 7.69. The van der Waals surface area contributed by atoms with Crippen molar-refractivity contribution in [2.24, 2.45) is 5.16 Å². The van der Waals surface area contributed by atoms with E-state index in [4.69, 9.17) is 9.25 Å². The van der Waals surface area contributed by atoms with Crippen LogP contribution in [0, 0.1) is 0 Å². The molecule has 5 nitrogen and oxygen atoms in total. The molecular formula is C17H21N3O2. The number of pyridine rings is 1. The van der Waals surface area contributed by atoms with Crippen LogP contribution in [0.4, 0.5) is 0 Å². The molecule has 1 atom stereocenters. The zero-order valence-corrected chi connectivity index (χ0v) is 12.8. The second-order valence-electron chi connectivity index (χ2n) is 5.51. The third-order valence-electron chi connectivity index (χ3n) is 3.74. The van der Waals surface area contributed by atoms with E-state index in [1.165, 1.54) is 0 Å². The Bertz CT molecular complexity index is 596. The van der Waals surface area contributed by atoms with Gasteiger partial charge in [-0.1, -0.05) is 18.1 Å². The molecule has 0 saturated heterocycles. The second kappa shape index (κ2) is 7.22. The fourth-order valence-electron chi connectivity index (χ4n) is 2.61. The average Bonchev–Trinajstić information content (AvgIpc) is 3.20. The first-order chi connectivity index (χ1) is 10.8. The number of nitrogens with zero attached hydrogens (tertiary/aromatic N) is 3. The summed E-state index contributed by atoms with van der Waals surface area (Å²) in [5, 5.41) is 4.14. The molecule has 0 N–H and O–H groups in total. The highest BCUT2D eigenvalue weighted by molar-refractivity contribution is 5.85. The van der Waals surface area contributed by atoms with Crippen molar-refractivity contribution in [3.05, 3.63) is 54.2 Å². The van der Waals surface area contributed by atoms with Crippen LogP contribution in [-0.2, 0) is 17.9 Å². The summed E-state index contributed by atoms with van der Waals surface area (Å²) in [4.78, 5) is 12.2. The second-order valence-corrected chi connectivity index (χ2v) is 5.51. The van der Waals surface area contributed by atoms with Gasteiger partial charge >= 0.3 is 0 Å². The van der Waals surface area contributed by atoms with E-state index < -0.39 is 0 Å². The van der Waals surface area contributed by atoms with Gasteiger partial charge in [0.1, 0.15) is 11.9 Å². The SMILES string of the molecule is CCC1=NOC(CN(Cc2ccccn2)Cc2ccco2)C1.